The number of amides is 2. The van der Waals surface area contributed by atoms with E-state index in [0.29, 0.717) is 17.6 Å². The normalized spacial score (nSPS) is 15.4. The maximum absolute atomic E-state index is 13.4. The highest BCUT2D eigenvalue weighted by Crippen LogP contribution is 2.28. The number of anilines is 2. The van der Waals surface area contributed by atoms with E-state index in [1.807, 2.05) is 26.0 Å². The maximum atomic E-state index is 13.4. The summed E-state index contributed by atoms with van der Waals surface area (Å²) in [5.41, 5.74) is 7.24. The highest BCUT2D eigenvalue weighted by atomic mass is 79.9. The van der Waals surface area contributed by atoms with Crippen molar-refractivity contribution in [1.29, 1.82) is 0 Å². The number of likely N-dealkylation sites (N-methyl/N-ethyl adjacent to an activating group) is 1. The molecule has 1 aliphatic rings. The number of benzene rings is 2. The average molecular weight is 645 g/mol. The zero-order chi connectivity index (χ0) is 30.7. The van der Waals surface area contributed by atoms with Gasteiger partial charge >= 0.3 is 0 Å². The molecule has 1 fully saturated rings. The van der Waals surface area contributed by atoms with Crippen LogP contribution in [0.15, 0.2) is 24.3 Å². The number of carbonyl (C=O) groups is 2. The van der Waals surface area contributed by atoms with E-state index in [1.165, 1.54) is 5.56 Å². The highest BCUT2D eigenvalue weighted by molar-refractivity contribution is 9.09. The van der Waals surface area contributed by atoms with Crippen LogP contribution < -0.4 is 20.7 Å². The number of hydrogen-bond donors (Lipinski definition) is 3. The maximum Gasteiger partial charge on any atom is 0.279 e. The minimum absolute atomic E-state index is 0.0319. The van der Waals surface area contributed by atoms with Gasteiger partial charge in [-0.3, -0.25) is 9.59 Å². The summed E-state index contributed by atoms with van der Waals surface area (Å²) < 4.78 is 6.63. The minimum Gasteiger partial charge on any atom is -0.494 e. The fourth-order valence-corrected chi connectivity index (χ4v) is 6.31. The third kappa shape index (κ3) is 9.29. The number of aryl methyl sites for hydroxylation is 3. The Kier molecular flexibility index (Phi) is 13.3. The number of ether oxygens (including phenoxy) is 1. The minimum atomic E-state index is -0.121. The summed E-state index contributed by atoms with van der Waals surface area (Å²) in [7, 11) is 0. The van der Waals surface area contributed by atoms with Gasteiger partial charge in [0.15, 0.2) is 6.54 Å². The summed E-state index contributed by atoms with van der Waals surface area (Å²) in [6, 6.07) is 8.18. The van der Waals surface area contributed by atoms with Crippen LogP contribution in [0.4, 0.5) is 11.4 Å². The van der Waals surface area contributed by atoms with Gasteiger partial charge in [-0.25, -0.2) is 0 Å². The Bertz CT molecular complexity index is 1180. The van der Waals surface area contributed by atoms with Crippen LogP contribution in [0, 0.1) is 27.7 Å². The summed E-state index contributed by atoms with van der Waals surface area (Å²) in [6.07, 6.45) is 6.02. The Labute approximate surface area is 261 Å². The molecular formula is C34H52BrN4O3+. The van der Waals surface area contributed by atoms with E-state index in [1.54, 1.807) is 0 Å². The van der Waals surface area contributed by atoms with Crippen molar-refractivity contribution in [3.8, 4) is 5.75 Å². The summed E-state index contributed by atoms with van der Waals surface area (Å²) in [6.45, 7) is 17.1. The van der Waals surface area contributed by atoms with E-state index in [0.717, 1.165) is 109 Å². The number of quaternary nitrogens is 1. The molecule has 0 aromatic heterocycles. The molecule has 0 saturated carbocycles. The molecule has 0 bridgehead atoms. The average Bonchev–Trinajstić information content (AvgIpc) is 2.98. The Morgan fingerprint density at radius 1 is 0.976 bits per heavy atom. The van der Waals surface area contributed by atoms with Gasteiger partial charge in [0.1, 0.15) is 5.75 Å². The second-order valence-electron chi connectivity index (χ2n) is 11.9. The van der Waals surface area contributed by atoms with Crippen LogP contribution in [-0.2, 0) is 16.0 Å². The van der Waals surface area contributed by atoms with Gasteiger partial charge in [0.25, 0.3) is 5.91 Å². The lowest BCUT2D eigenvalue weighted by Gasteiger charge is -2.36. The number of hydrogen-bond acceptors (Lipinski definition) is 4. The van der Waals surface area contributed by atoms with Crippen LogP contribution >= 0.6 is 15.9 Å². The van der Waals surface area contributed by atoms with Crippen LogP contribution in [-0.4, -0.2) is 67.0 Å². The Morgan fingerprint density at radius 3 is 2.31 bits per heavy atom. The zero-order valence-corrected chi connectivity index (χ0v) is 28.2. The molecule has 1 unspecified atom stereocenters. The molecule has 0 radical (unpaired) electrons. The largest absolute Gasteiger partial charge is 0.494 e. The van der Waals surface area contributed by atoms with Crippen molar-refractivity contribution in [1.82, 2.24) is 5.32 Å². The van der Waals surface area contributed by atoms with Crippen LogP contribution in [0.2, 0.25) is 0 Å². The van der Waals surface area contributed by atoms with Crippen LogP contribution in [0.5, 0.6) is 5.75 Å². The van der Waals surface area contributed by atoms with Gasteiger partial charge in [0.05, 0.1) is 32.3 Å². The lowest BCUT2D eigenvalue weighted by atomic mass is 9.98. The van der Waals surface area contributed by atoms with Crippen LogP contribution in [0.25, 0.3) is 0 Å². The number of nitrogens with one attached hydrogen (secondary N) is 3. The Balaban J connectivity index is 1.66. The number of alkyl halides is 1. The van der Waals surface area contributed by atoms with E-state index >= 15 is 0 Å². The first-order valence-corrected chi connectivity index (χ1v) is 16.8. The molecule has 1 heterocycles. The molecule has 2 aromatic rings. The van der Waals surface area contributed by atoms with E-state index in [4.69, 9.17) is 4.74 Å². The van der Waals surface area contributed by atoms with Gasteiger partial charge < -0.3 is 25.2 Å². The summed E-state index contributed by atoms with van der Waals surface area (Å²) in [4.78, 5) is 26.4. The molecule has 1 atom stereocenters. The number of unbranched alkanes of at least 4 members (excludes halogenated alkanes) is 1. The predicted molar refractivity (Wildman–Crippen MR) is 178 cm³/mol. The standard InChI is InChI=1S/C34H51BrN4O3/c1-7-39(8-2,23-31(40)37-32-25(4)21-29(22-26(32)5)42-20-12-10-17-35)19-16-28-15-14-24(3)33(27(28)6)38-34(41)30-13-9-11-18-36-30/h14-15,21-22,30,36H,7-13,16-20,23H2,1-6H3,(H-,37,38,40,41)/p+1. The van der Waals surface area contributed by atoms with Crippen molar-refractivity contribution < 1.29 is 18.8 Å². The summed E-state index contributed by atoms with van der Waals surface area (Å²) >= 11 is 3.46. The van der Waals surface area contributed by atoms with E-state index < -0.39 is 0 Å². The number of piperidine rings is 1. The molecule has 42 heavy (non-hydrogen) atoms. The molecule has 1 saturated heterocycles. The molecule has 3 rings (SSSR count). The highest BCUT2D eigenvalue weighted by Gasteiger charge is 2.28. The van der Waals surface area contributed by atoms with E-state index in [9.17, 15) is 9.59 Å². The van der Waals surface area contributed by atoms with Gasteiger partial charge in [-0.1, -0.05) is 34.5 Å². The third-order valence-electron chi connectivity index (χ3n) is 8.90. The van der Waals surface area contributed by atoms with Crippen molar-refractivity contribution in [2.24, 2.45) is 0 Å². The molecule has 2 amide bonds. The van der Waals surface area contributed by atoms with Gasteiger partial charge in [-0.15, -0.1) is 0 Å². The Hall–Kier alpha value is -2.42. The quantitative estimate of drug-likeness (QED) is 0.116. The molecule has 7 nitrogen and oxygen atoms in total. The first kappa shape index (κ1) is 34.1. The molecule has 0 aliphatic carbocycles. The fourth-order valence-electron chi connectivity index (χ4n) is 5.91. The SMILES string of the molecule is CC[N+](CC)(CCc1ccc(C)c(NC(=O)C2CCCCN2)c1C)CC(=O)Nc1c(C)cc(OCCCCBr)cc1C. The molecule has 232 valence electrons. The number of rotatable bonds is 15. The van der Waals surface area contributed by atoms with Gasteiger partial charge in [-0.05, 0) is 114 Å². The van der Waals surface area contributed by atoms with Crippen molar-refractivity contribution >= 4 is 39.1 Å². The van der Waals surface area contributed by atoms with Crippen LogP contribution in [0.3, 0.4) is 0 Å². The summed E-state index contributed by atoms with van der Waals surface area (Å²) in [5, 5.41) is 10.8. The van der Waals surface area contributed by atoms with Crippen LogP contribution in [0.1, 0.15) is 73.8 Å². The first-order chi connectivity index (χ1) is 20.1. The lowest BCUT2D eigenvalue weighted by molar-refractivity contribution is -0.917. The fraction of sp³-hybridized carbons (Fsp3) is 0.588. The van der Waals surface area contributed by atoms with Crippen molar-refractivity contribution in [3.63, 3.8) is 0 Å². The Morgan fingerprint density at radius 2 is 1.69 bits per heavy atom. The van der Waals surface area contributed by atoms with Crippen molar-refractivity contribution in [3.05, 3.63) is 52.1 Å². The molecule has 3 N–H and O–H groups in total. The first-order valence-electron chi connectivity index (χ1n) is 15.7. The molecule has 0 spiro atoms. The van der Waals surface area contributed by atoms with Gasteiger partial charge in [0.2, 0.25) is 5.91 Å². The molecule has 2 aromatic carbocycles. The number of carbonyl (C=O) groups excluding carboxylic acids is 2. The topological polar surface area (TPSA) is 79.5 Å². The molecule has 8 heteroatoms. The van der Waals surface area contributed by atoms with Crippen molar-refractivity contribution in [2.45, 2.75) is 86.1 Å². The van der Waals surface area contributed by atoms with E-state index in [2.05, 4.69) is 71.7 Å². The summed E-state index contributed by atoms with van der Waals surface area (Å²) in [5.74, 6) is 0.940. The smallest absolute Gasteiger partial charge is 0.279 e. The van der Waals surface area contributed by atoms with Crippen molar-refractivity contribution in [2.75, 3.05) is 55.3 Å². The molecular weight excluding hydrogens is 592 g/mol. The van der Waals surface area contributed by atoms with Gasteiger partial charge in [0, 0.05) is 23.1 Å². The monoisotopic (exact) mass is 643 g/mol. The number of halogens is 1. The molecule has 1 aliphatic heterocycles. The zero-order valence-electron chi connectivity index (χ0n) is 26.6. The number of nitrogens with zero attached hydrogens (tertiary/aromatic N) is 1. The van der Waals surface area contributed by atoms with Gasteiger partial charge in [-0.2, -0.15) is 0 Å². The second kappa shape index (κ2) is 16.4. The second-order valence-corrected chi connectivity index (χ2v) is 12.7. The van der Waals surface area contributed by atoms with E-state index in [-0.39, 0.29) is 17.9 Å². The lowest BCUT2D eigenvalue weighted by Crippen LogP contribution is -2.53. The third-order valence-corrected chi connectivity index (χ3v) is 9.46. The predicted octanol–water partition coefficient (Wildman–Crippen LogP) is 6.59.